The van der Waals surface area contributed by atoms with Gasteiger partial charge in [0.25, 0.3) is 0 Å². The molecule has 0 aromatic heterocycles. The van der Waals surface area contributed by atoms with E-state index in [4.69, 9.17) is 0 Å². The highest BCUT2D eigenvalue weighted by molar-refractivity contribution is 6.43. The molecule has 0 aliphatic heterocycles. The predicted molar refractivity (Wildman–Crippen MR) is 93.9 cm³/mol. The first-order valence-corrected chi connectivity index (χ1v) is 8.11. The first-order chi connectivity index (χ1) is 12.2. The molecule has 0 heterocycles. The molecule has 138 valence electrons. The summed E-state index contributed by atoms with van der Waals surface area (Å²) in [6.07, 6.45) is -3.59. The topological polar surface area (TPSA) is 58.2 Å². The third kappa shape index (κ3) is 4.84. The van der Waals surface area contributed by atoms with Crippen molar-refractivity contribution in [3.05, 3.63) is 59.7 Å². The van der Waals surface area contributed by atoms with Crippen molar-refractivity contribution in [1.82, 2.24) is 0 Å². The molecule has 0 radical (unpaired) electrons. The number of nitrogens with one attached hydrogen (secondary N) is 2. The molecule has 1 atom stereocenters. The molecule has 2 aromatic rings. The van der Waals surface area contributed by atoms with Crippen molar-refractivity contribution in [2.45, 2.75) is 32.4 Å². The number of hydrogen-bond donors (Lipinski definition) is 2. The van der Waals surface area contributed by atoms with Gasteiger partial charge in [-0.3, -0.25) is 9.59 Å². The Morgan fingerprint density at radius 2 is 1.54 bits per heavy atom. The maximum Gasteiger partial charge on any atom is 0.416 e. The van der Waals surface area contributed by atoms with Crippen molar-refractivity contribution < 1.29 is 22.8 Å². The van der Waals surface area contributed by atoms with Crippen LogP contribution in [0.1, 0.15) is 37.3 Å². The molecular weight excluding hydrogens is 345 g/mol. The van der Waals surface area contributed by atoms with Gasteiger partial charge in [-0.2, -0.15) is 13.2 Å². The van der Waals surface area contributed by atoms with E-state index >= 15 is 0 Å². The number of anilines is 2. The Balaban J connectivity index is 2.06. The highest BCUT2D eigenvalue weighted by Gasteiger charge is 2.30. The van der Waals surface area contributed by atoms with E-state index in [-0.39, 0.29) is 11.6 Å². The number of alkyl halides is 3. The van der Waals surface area contributed by atoms with E-state index < -0.39 is 23.6 Å². The molecule has 0 bridgehead atoms. The van der Waals surface area contributed by atoms with Crippen LogP contribution in [0.5, 0.6) is 0 Å². The molecule has 0 fully saturated rings. The Bertz CT molecular complexity index is 786. The summed E-state index contributed by atoms with van der Waals surface area (Å²) in [5.41, 5.74) is 0.718. The van der Waals surface area contributed by atoms with E-state index in [0.717, 1.165) is 36.2 Å². The van der Waals surface area contributed by atoms with Crippen LogP contribution in [0.3, 0.4) is 0 Å². The molecule has 0 saturated heterocycles. The molecule has 0 saturated carbocycles. The zero-order valence-corrected chi connectivity index (χ0v) is 14.4. The minimum atomic E-state index is -4.46. The van der Waals surface area contributed by atoms with Crippen LogP contribution in [0, 0.1) is 0 Å². The lowest BCUT2D eigenvalue weighted by molar-refractivity contribution is -0.137. The fourth-order valence-corrected chi connectivity index (χ4v) is 2.37. The molecular formula is C19H19F3N2O2. The van der Waals surface area contributed by atoms with Crippen LogP contribution in [0.2, 0.25) is 0 Å². The molecule has 1 unspecified atom stereocenters. The molecule has 0 aliphatic carbocycles. The Morgan fingerprint density at radius 3 is 2.12 bits per heavy atom. The highest BCUT2D eigenvalue weighted by atomic mass is 19.4. The number of hydrogen-bond acceptors (Lipinski definition) is 2. The van der Waals surface area contributed by atoms with E-state index in [9.17, 15) is 22.8 Å². The average molecular weight is 364 g/mol. The second kappa shape index (κ2) is 8.03. The van der Waals surface area contributed by atoms with Crippen LogP contribution in [0.4, 0.5) is 24.5 Å². The molecule has 2 aromatic carbocycles. The van der Waals surface area contributed by atoms with Crippen molar-refractivity contribution in [1.29, 1.82) is 0 Å². The van der Waals surface area contributed by atoms with Crippen LogP contribution in [-0.2, 0) is 15.8 Å². The Hall–Kier alpha value is -2.83. The molecule has 7 heteroatoms. The van der Waals surface area contributed by atoms with Gasteiger partial charge in [0.15, 0.2) is 0 Å². The van der Waals surface area contributed by atoms with Gasteiger partial charge in [-0.1, -0.05) is 32.0 Å². The SMILES string of the molecule is CCC(C)c1ccccc1NC(=O)C(=O)Nc1ccc(C(F)(F)F)cc1. The zero-order chi connectivity index (χ0) is 19.3. The van der Waals surface area contributed by atoms with Gasteiger partial charge in [-0.15, -0.1) is 0 Å². The summed E-state index contributed by atoms with van der Waals surface area (Å²) >= 11 is 0. The molecule has 0 spiro atoms. The van der Waals surface area contributed by atoms with E-state index in [0.29, 0.717) is 5.69 Å². The van der Waals surface area contributed by atoms with E-state index in [1.807, 2.05) is 26.0 Å². The van der Waals surface area contributed by atoms with E-state index in [2.05, 4.69) is 10.6 Å². The number of carbonyl (C=O) groups excluding carboxylic acids is 2. The van der Waals surface area contributed by atoms with Crippen molar-refractivity contribution in [3.63, 3.8) is 0 Å². The third-order valence-corrected chi connectivity index (χ3v) is 4.03. The minimum Gasteiger partial charge on any atom is -0.318 e. The smallest absolute Gasteiger partial charge is 0.318 e. The standard InChI is InChI=1S/C19H19F3N2O2/c1-3-12(2)15-6-4-5-7-16(15)24-18(26)17(25)23-14-10-8-13(9-11-14)19(20,21)22/h4-12H,3H2,1-2H3,(H,23,25)(H,24,26). The van der Waals surface area contributed by atoms with Gasteiger partial charge >= 0.3 is 18.0 Å². The first kappa shape index (κ1) is 19.5. The average Bonchev–Trinajstić information content (AvgIpc) is 2.61. The molecule has 2 rings (SSSR count). The second-order valence-corrected chi connectivity index (χ2v) is 5.88. The van der Waals surface area contributed by atoms with Crippen LogP contribution in [-0.4, -0.2) is 11.8 Å². The van der Waals surface area contributed by atoms with Gasteiger partial charge in [-0.25, -0.2) is 0 Å². The number of rotatable bonds is 4. The molecule has 4 nitrogen and oxygen atoms in total. The summed E-state index contributed by atoms with van der Waals surface area (Å²) in [5.74, 6) is -1.64. The van der Waals surface area contributed by atoms with Gasteiger partial charge in [0.05, 0.1) is 5.56 Å². The van der Waals surface area contributed by atoms with Gasteiger partial charge in [0, 0.05) is 11.4 Å². The summed E-state index contributed by atoms with van der Waals surface area (Å²) in [7, 11) is 0. The van der Waals surface area contributed by atoms with Gasteiger partial charge < -0.3 is 10.6 Å². The van der Waals surface area contributed by atoms with Crippen molar-refractivity contribution >= 4 is 23.2 Å². The summed E-state index contributed by atoms with van der Waals surface area (Å²) in [5, 5.41) is 4.84. The van der Waals surface area contributed by atoms with Crippen molar-refractivity contribution in [3.8, 4) is 0 Å². The zero-order valence-electron chi connectivity index (χ0n) is 14.4. The highest BCUT2D eigenvalue weighted by Crippen LogP contribution is 2.30. The van der Waals surface area contributed by atoms with Crippen LogP contribution >= 0.6 is 0 Å². The fourth-order valence-electron chi connectivity index (χ4n) is 2.37. The lowest BCUT2D eigenvalue weighted by Crippen LogP contribution is -2.29. The van der Waals surface area contributed by atoms with E-state index in [1.165, 1.54) is 0 Å². The molecule has 0 aliphatic rings. The molecule has 2 N–H and O–H groups in total. The second-order valence-electron chi connectivity index (χ2n) is 5.88. The summed E-state index contributed by atoms with van der Waals surface area (Å²) in [4.78, 5) is 24.1. The Morgan fingerprint density at radius 1 is 0.962 bits per heavy atom. The third-order valence-electron chi connectivity index (χ3n) is 4.03. The van der Waals surface area contributed by atoms with Gasteiger partial charge in [0.1, 0.15) is 0 Å². The predicted octanol–water partition coefficient (Wildman–Crippen LogP) is 4.80. The summed E-state index contributed by atoms with van der Waals surface area (Å²) < 4.78 is 37.6. The maximum absolute atomic E-state index is 12.5. The normalized spacial score (nSPS) is 12.3. The number of para-hydroxylation sites is 1. The lowest BCUT2D eigenvalue weighted by Gasteiger charge is -2.15. The number of halogens is 3. The fraction of sp³-hybridized carbons (Fsp3) is 0.263. The maximum atomic E-state index is 12.5. The van der Waals surface area contributed by atoms with E-state index in [1.54, 1.807) is 12.1 Å². The number of benzene rings is 2. The largest absolute Gasteiger partial charge is 0.416 e. The van der Waals surface area contributed by atoms with Crippen LogP contribution in [0.15, 0.2) is 48.5 Å². The quantitative estimate of drug-likeness (QED) is 0.766. The van der Waals surface area contributed by atoms with Crippen LogP contribution in [0.25, 0.3) is 0 Å². The monoisotopic (exact) mass is 364 g/mol. The summed E-state index contributed by atoms with van der Waals surface area (Å²) in [6, 6.07) is 11.0. The van der Waals surface area contributed by atoms with Gasteiger partial charge in [0.2, 0.25) is 0 Å². The van der Waals surface area contributed by atoms with Crippen molar-refractivity contribution in [2.24, 2.45) is 0 Å². The molecule has 26 heavy (non-hydrogen) atoms. The number of carbonyl (C=O) groups is 2. The Kier molecular flexibility index (Phi) is 6.02. The minimum absolute atomic E-state index is 0.105. The Labute approximate surface area is 149 Å². The molecule has 2 amide bonds. The number of amides is 2. The lowest BCUT2D eigenvalue weighted by atomic mass is 9.97. The van der Waals surface area contributed by atoms with Gasteiger partial charge in [-0.05, 0) is 48.2 Å². The first-order valence-electron chi connectivity index (χ1n) is 8.11. The van der Waals surface area contributed by atoms with Crippen LogP contribution < -0.4 is 10.6 Å². The summed E-state index contributed by atoms with van der Waals surface area (Å²) in [6.45, 7) is 4.02. The van der Waals surface area contributed by atoms with Crippen molar-refractivity contribution in [2.75, 3.05) is 10.6 Å².